The first-order valence-corrected chi connectivity index (χ1v) is 14.3. The van der Waals surface area contributed by atoms with Crippen molar-refractivity contribution in [3.8, 4) is 17.2 Å². The Kier molecular flexibility index (Phi) is 12.8. The third kappa shape index (κ3) is 10.3. The number of carbonyl (C=O) groups is 1. The molecule has 2 aliphatic rings. The van der Waals surface area contributed by atoms with E-state index in [4.69, 9.17) is 14.2 Å². The molecule has 1 saturated heterocycles. The lowest BCUT2D eigenvalue weighted by molar-refractivity contribution is -0.122. The molecule has 0 spiro atoms. The standard InChI is InChI=1S/C21H34N2O2S.C8H8O2/c1-3-18(17-23-14-6-7-15-23)22-21(24)9-5-4-8-16-26-20-12-10-19(25-2)11-13-20;1-2-4-8-7(3-1)9-5-6-10-8/h10-13,18H,3-9,14-17H2,1-2H3,(H,22,24);1-4H,5-6H2. The van der Waals surface area contributed by atoms with Gasteiger partial charge in [-0.3, -0.25) is 4.79 Å². The molecule has 2 heterocycles. The number of carbonyl (C=O) groups excluding carboxylic acids is 1. The number of methoxy groups -OCH3 is 1. The second kappa shape index (κ2) is 16.4. The highest BCUT2D eigenvalue weighted by Gasteiger charge is 2.17. The monoisotopic (exact) mass is 514 g/mol. The Morgan fingerprint density at radius 3 is 2.28 bits per heavy atom. The van der Waals surface area contributed by atoms with Gasteiger partial charge in [0.05, 0.1) is 7.11 Å². The molecule has 36 heavy (non-hydrogen) atoms. The molecule has 0 saturated carbocycles. The van der Waals surface area contributed by atoms with Gasteiger partial charge in [0, 0.05) is 23.9 Å². The van der Waals surface area contributed by atoms with E-state index in [0.29, 0.717) is 25.7 Å². The van der Waals surface area contributed by atoms with Gasteiger partial charge in [-0.2, -0.15) is 0 Å². The van der Waals surface area contributed by atoms with Crippen molar-refractivity contribution in [2.45, 2.75) is 62.8 Å². The molecule has 1 fully saturated rings. The molecule has 1 amide bonds. The molecule has 0 aromatic heterocycles. The van der Waals surface area contributed by atoms with Gasteiger partial charge in [-0.15, -0.1) is 11.8 Å². The maximum absolute atomic E-state index is 12.2. The van der Waals surface area contributed by atoms with Gasteiger partial charge in [-0.05, 0) is 87.3 Å². The highest BCUT2D eigenvalue weighted by atomic mass is 32.2. The van der Waals surface area contributed by atoms with E-state index in [2.05, 4.69) is 29.3 Å². The molecule has 2 aromatic rings. The zero-order valence-corrected chi connectivity index (χ0v) is 22.7. The van der Waals surface area contributed by atoms with E-state index in [-0.39, 0.29) is 5.91 Å². The zero-order valence-electron chi connectivity index (χ0n) is 21.9. The lowest BCUT2D eigenvalue weighted by Crippen LogP contribution is -2.42. The molecule has 2 aliphatic heterocycles. The second-order valence-corrected chi connectivity index (χ2v) is 10.3. The van der Waals surface area contributed by atoms with Crippen LogP contribution in [-0.4, -0.2) is 62.6 Å². The lowest BCUT2D eigenvalue weighted by atomic mass is 10.1. The number of amides is 1. The van der Waals surface area contributed by atoms with Crippen molar-refractivity contribution in [2.75, 3.05) is 45.7 Å². The fourth-order valence-corrected chi connectivity index (χ4v) is 5.18. The summed E-state index contributed by atoms with van der Waals surface area (Å²) in [6.45, 7) is 6.89. The number of hydrogen-bond acceptors (Lipinski definition) is 6. The number of nitrogens with zero attached hydrogens (tertiary/aromatic N) is 1. The molecular weight excluding hydrogens is 472 g/mol. The third-order valence-corrected chi connectivity index (χ3v) is 7.46. The SMILES string of the molecule is CCC(CN1CCCC1)NC(=O)CCCCCSc1ccc(OC)cc1.c1ccc2c(c1)OCCO2. The number of ether oxygens (including phenoxy) is 3. The van der Waals surface area contributed by atoms with Crippen molar-refractivity contribution in [1.82, 2.24) is 10.2 Å². The van der Waals surface area contributed by atoms with E-state index >= 15 is 0 Å². The Morgan fingerprint density at radius 1 is 1.00 bits per heavy atom. The lowest BCUT2D eigenvalue weighted by Gasteiger charge is -2.23. The molecule has 2 aromatic carbocycles. The summed E-state index contributed by atoms with van der Waals surface area (Å²) in [5.74, 6) is 3.93. The highest BCUT2D eigenvalue weighted by molar-refractivity contribution is 7.99. The summed E-state index contributed by atoms with van der Waals surface area (Å²) in [6.07, 6.45) is 7.52. The van der Waals surface area contributed by atoms with Crippen molar-refractivity contribution in [1.29, 1.82) is 0 Å². The fourth-order valence-electron chi connectivity index (χ4n) is 4.27. The summed E-state index contributed by atoms with van der Waals surface area (Å²) in [5, 5.41) is 3.22. The predicted molar refractivity (Wildman–Crippen MR) is 148 cm³/mol. The van der Waals surface area contributed by atoms with Gasteiger partial charge >= 0.3 is 0 Å². The number of unbranched alkanes of at least 4 members (excludes halogenated alkanes) is 2. The Balaban J connectivity index is 0.000000297. The van der Waals surface area contributed by atoms with Gasteiger partial charge in [0.15, 0.2) is 11.5 Å². The number of thioether (sulfide) groups is 1. The molecule has 0 bridgehead atoms. The van der Waals surface area contributed by atoms with Crippen LogP contribution in [-0.2, 0) is 4.79 Å². The Labute approximate surface area is 221 Å². The van der Waals surface area contributed by atoms with E-state index in [1.807, 2.05) is 48.2 Å². The molecule has 198 valence electrons. The quantitative estimate of drug-likeness (QED) is 0.286. The topological polar surface area (TPSA) is 60.0 Å². The minimum atomic E-state index is 0.221. The molecule has 1 atom stereocenters. The summed E-state index contributed by atoms with van der Waals surface area (Å²) in [5.41, 5.74) is 0. The van der Waals surface area contributed by atoms with Crippen LogP contribution in [0, 0.1) is 0 Å². The van der Waals surface area contributed by atoms with Gasteiger partial charge in [-0.25, -0.2) is 0 Å². The van der Waals surface area contributed by atoms with E-state index in [1.165, 1.54) is 30.8 Å². The number of para-hydroxylation sites is 2. The Bertz CT molecular complexity index is 862. The van der Waals surface area contributed by atoms with Crippen LogP contribution < -0.4 is 19.5 Å². The van der Waals surface area contributed by atoms with E-state index in [0.717, 1.165) is 55.2 Å². The first-order valence-electron chi connectivity index (χ1n) is 13.3. The molecule has 4 rings (SSSR count). The average Bonchev–Trinajstić information content (AvgIpc) is 3.44. The van der Waals surface area contributed by atoms with Crippen molar-refractivity contribution in [3.63, 3.8) is 0 Å². The van der Waals surface area contributed by atoms with Crippen LogP contribution in [0.1, 0.15) is 51.9 Å². The second-order valence-electron chi connectivity index (χ2n) is 9.16. The molecular formula is C29H42N2O4S. The number of likely N-dealkylation sites (tertiary alicyclic amines) is 1. The number of rotatable bonds is 12. The Hall–Kier alpha value is -2.38. The zero-order chi connectivity index (χ0) is 25.4. The van der Waals surface area contributed by atoms with Crippen molar-refractivity contribution in [2.24, 2.45) is 0 Å². The maximum atomic E-state index is 12.2. The van der Waals surface area contributed by atoms with Crippen LogP contribution >= 0.6 is 11.8 Å². The normalized spacial score (nSPS) is 15.5. The number of nitrogens with one attached hydrogen (secondary N) is 1. The number of benzene rings is 2. The summed E-state index contributed by atoms with van der Waals surface area (Å²) in [6, 6.07) is 16.2. The summed E-state index contributed by atoms with van der Waals surface area (Å²) >= 11 is 1.87. The van der Waals surface area contributed by atoms with Crippen LogP contribution in [0.5, 0.6) is 17.2 Å². The van der Waals surface area contributed by atoms with Crippen molar-refractivity contribution >= 4 is 17.7 Å². The van der Waals surface area contributed by atoms with Gasteiger partial charge in [0.1, 0.15) is 19.0 Å². The van der Waals surface area contributed by atoms with Crippen molar-refractivity contribution < 1.29 is 19.0 Å². The fraction of sp³-hybridized carbons (Fsp3) is 0.552. The van der Waals surface area contributed by atoms with Gasteiger partial charge in [0.25, 0.3) is 0 Å². The smallest absolute Gasteiger partial charge is 0.220 e. The van der Waals surface area contributed by atoms with Crippen LogP contribution in [0.3, 0.4) is 0 Å². The van der Waals surface area contributed by atoms with Gasteiger partial charge in [0.2, 0.25) is 5.91 Å². The van der Waals surface area contributed by atoms with Crippen LogP contribution in [0.2, 0.25) is 0 Å². The predicted octanol–water partition coefficient (Wildman–Crippen LogP) is 5.80. The summed E-state index contributed by atoms with van der Waals surface area (Å²) in [4.78, 5) is 15.9. The molecule has 7 heteroatoms. The molecule has 0 aliphatic carbocycles. The largest absolute Gasteiger partial charge is 0.497 e. The van der Waals surface area contributed by atoms with Crippen LogP contribution in [0.15, 0.2) is 53.4 Å². The first-order chi connectivity index (χ1) is 17.7. The van der Waals surface area contributed by atoms with E-state index < -0.39 is 0 Å². The van der Waals surface area contributed by atoms with Crippen LogP contribution in [0.25, 0.3) is 0 Å². The minimum absolute atomic E-state index is 0.221. The summed E-state index contributed by atoms with van der Waals surface area (Å²) in [7, 11) is 1.69. The Morgan fingerprint density at radius 2 is 1.67 bits per heavy atom. The van der Waals surface area contributed by atoms with Gasteiger partial charge < -0.3 is 24.4 Å². The third-order valence-electron chi connectivity index (χ3n) is 6.36. The molecule has 0 radical (unpaired) electrons. The highest BCUT2D eigenvalue weighted by Crippen LogP contribution is 2.28. The number of hydrogen-bond donors (Lipinski definition) is 1. The van der Waals surface area contributed by atoms with Crippen molar-refractivity contribution in [3.05, 3.63) is 48.5 Å². The molecule has 1 unspecified atom stereocenters. The molecule has 1 N–H and O–H groups in total. The molecule has 6 nitrogen and oxygen atoms in total. The summed E-state index contributed by atoms with van der Waals surface area (Å²) < 4.78 is 15.8. The minimum Gasteiger partial charge on any atom is -0.497 e. The maximum Gasteiger partial charge on any atom is 0.220 e. The van der Waals surface area contributed by atoms with E-state index in [9.17, 15) is 4.79 Å². The number of fused-ring (bicyclic) bond motifs is 1. The first kappa shape index (κ1) is 28.2. The van der Waals surface area contributed by atoms with Gasteiger partial charge in [-0.1, -0.05) is 25.5 Å². The van der Waals surface area contributed by atoms with E-state index in [1.54, 1.807) is 7.11 Å². The average molecular weight is 515 g/mol. The van der Waals surface area contributed by atoms with Crippen LogP contribution in [0.4, 0.5) is 0 Å².